The molecule has 0 spiro atoms. The Kier molecular flexibility index (Phi) is 6.81. The highest BCUT2D eigenvalue weighted by atomic mass is 35.5. The number of anilines is 4. The summed E-state index contributed by atoms with van der Waals surface area (Å²) in [7, 11) is 5.22. The van der Waals surface area contributed by atoms with Crippen molar-refractivity contribution >= 4 is 59.1 Å². The van der Waals surface area contributed by atoms with Crippen molar-refractivity contribution in [3.63, 3.8) is 0 Å². The molecule has 3 amide bonds. The molecule has 0 radical (unpaired) electrons. The van der Waals surface area contributed by atoms with E-state index in [0.717, 1.165) is 9.99 Å². The first kappa shape index (κ1) is 20.7. The number of amides is 3. The normalized spacial score (nSPS) is 10.1. The summed E-state index contributed by atoms with van der Waals surface area (Å²) in [6, 6.07) is 9.61. The highest BCUT2D eigenvalue weighted by Gasteiger charge is 2.17. The Morgan fingerprint density at radius 1 is 1.11 bits per heavy atom. The summed E-state index contributed by atoms with van der Waals surface area (Å²) in [6.07, 6.45) is 0. The predicted octanol–water partition coefficient (Wildman–Crippen LogP) is 4.26. The van der Waals surface area contributed by atoms with E-state index in [9.17, 15) is 9.59 Å². The Morgan fingerprint density at radius 3 is 2.26 bits per heavy atom. The smallest absolute Gasteiger partial charge is 0.336 e. The minimum atomic E-state index is -0.463. The molecule has 0 aliphatic heterocycles. The molecule has 0 heterocycles. The molecule has 2 aromatic rings. The number of carbonyl (C=O) groups is 2. The summed E-state index contributed by atoms with van der Waals surface area (Å²) < 4.78 is 6.39. The Hall–Kier alpha value is -2.58. The maximum atomic E-state index is 12.6. The molecule has 0 bridgehead atoms. The summed E-state index contributed by atoms with van der Waals surface area (Å²) in [5.74, 6) is 0.338. The zero-order valence-electron chi connectivity index (χ0n) is 15.4. The molecule has 0 unspecified atom stereocenters. The van der Waals surface area contributed by atoms with Gasteiger partial charge in [-0.1, -0.05) is 24.4 Å². The van der Waals surface area contributed by atoms with Crippen LogP contribution in [0.5, 0.6) is 5.75 Å². The quantitative estimate of drug-likeness (QED) is 0.646. The molecule has 0 saturated heterocycles. The topological polar surface area (TPSA) is 73.9 Å². The third-order valence-corrected chi connectivity index (χ3v) is 4.33. The molecule has 2 N–H and O–H groups in total. The molecule has 27 heavy (non-hydrogen) atoms. The van der Waals surface area contributed by atoms with Gasteiger partial charge in [-0.25, -0.2) is 9.10 Å². The van der Waals surface area contributed by atoms with Crippen LogP contribution in [-0.4, -0.2) is 33.1 Å². The monoisotopic (exact) mass is 408 g/mol. The van der Waals surface area contributed by atoms with Crippen LogP contribution in [0.2, 0.25) is 5.02 Å². The van der Waals surface area contributed by atoms with Gasteiger partial charge >= 0.3 is 6.03 Å². The number of ether oxygens (including phenoxy) is 1. The van der Waals surface area contributed by atoms with Gasteiger partial charge in [0.1, 0.15) is 5.75 Å². The Labute approximate surface area is 168 Å². The van der Waals surface area contributed by atoms with Gasteiger partial charge in [-0.05, 0) is 30.3 Å². The molecular weight excluding hydrogens is 388 g/mol. The first-order chi connectivity index (χ1) is 12.7. The van der Waals surface area contributed by atoms with Crippen LogP contribution in [-0.2, 0) is 4.79 Å². The summed E-state index contributed by atoms with van der Waals surface area (Å²) in [4.78, 5) is 25.5. The van der Waals surface area contributed by atoms with Gasteiger partial charge in [0, 0.05) is 32.8 Å². The molecule has 7 nitrogen and oxygen atoms in total. The van der Waals surface area contributed by atoms with Crippen LogP contribution in [0, 0.1) is 0 Å². The van der Waals surface area contributed by atoms with Gasteiger partial charge in [-0.3, -0.25) is 4.79 Å². The van der Waals surface area contributed by atoms with Crippen molar-refractivity contribution in [3.8, 4) is 5.75 Å². The van der Waals surface area contributed by atoms with E-state index in [0.29, 0.717) is 27.8 Å². The van der Waals surface area contributed by atoms with Crippen molar-refractivity contribution in [1.82, 2.24) is 0 Å². The van der Waals surface area contributed by atoms with Gasteiger partial charge < -0.3 is 20.3 Å². The van der Waals surface area contributed by atoms with Crippen LogP contribution in [0.1, 0.15) is 6.92 Å². The number of carbonyl (C=O) groups excluding carboxylic acids is 2. The van der Waals surface area contributed by atoms with Crippen LogP contribution in [0.25, 0.3) is 0 Å². The summed E-state index contributed by atoms with van der Waals surface area (Å²) in [6.45, 7) is 1.43. The fourth-order valence-corrected chi connectivity index (χ4v) is 2.77. The lowest BCUT2D eigenvalue weighted by Crippen LogP contribution is -2.27. The Bertz CT molecular complexity index is 843. The lowest BCUT2D eigenvalue weighted by Gasteiger charge is -2.22. The lowest BCUT2D eigenvalue weighted by molar-refractivity contribution is -0.114. The predicted molar refractivity (Wildman–Crippen MR) is 114 cm³/mol. The van der Waals surface area contributed by atoms with Crippen molar-refractivity contribution in [2.75, 3.05) is 41.0 Å². The third kappa shape index (κ3) is 5.21. The largest absolute Gasteiger partial charge is 0.495 e. The third-order valence-electron chi connectivity index (χ3n) is 3.62. The number of methoxy groups -OCH3 is 1. The van der Waals surface area contributed by atoms with E-state index < -0.39 is 6.03 Å². The highest BCUT2D eigenvalue weighted by molar-refractivity contribution is 7.82. The number of urea groups is 1. The maximum absolute atomic E-state index is 12.6. The van der Waals surface area contributed by atoms with Gasteiger partial charge in [0.15, 0.2) is 0 Å². The van der Waals surface area contributed by atoms with Gasteiger partial charge in [-0.15, -0.1) is 0 Å². The summed E-state index contributed by atoms with van der Waals surface area (Å²) in [5, 5.41) is 5.83. The number of benzene rings is 2. The number of hydrogen-bond donors (Lipinski definition) is 3. The lowest BCUT2D eigenvalue weighted by atomic mass is 10.2. The fraction of sp³-hybridized carbons (Fsp3) is 0.222. The summed E-state index contributed by atoms with van der Waals surface area (Å²) in [5.41, 5.74) is 2.42. The summed E-state index contributed by atoms with van der Waals surface area (Å²) >= 11 is 10.4. The number of hydrogen-bond acceptors (Lipinski definition) is 5. The molecule has 0 aliphatic carbocycles. The van der Waals surface area contributed by atoms with Crippen LogP contribution in [0.3, 0.4) is 0 Å². The van der Waals surface area contributed by atoms with Crippen molar-refractivity contribution < 1.29 is 14.3 Å². The average Bonchev–Trinajstić information content (AvgIpc) is 2.61. The molecule has 2 aromatic carbocycles. The van der Waals surface area contributed by atoms with Crippen molar-refractivity contribution in [3.05, 3.63) is 41.4 Å². The Morgan fingerprint density at radius 2 is 1.74 bits per heavy atom. The molecule has 144 valence electrons. The van der Waals surface area contributed by atoms with Gasteiger partial charge in [0.05, 0.1) is 29.2 Å². The average molecular weight is 409 g/mol. The van der Waals surface area contributed by atoms with E-state index in [1.165, 1.54) is 14.0 Å². The van der Waals surface area contributed by atoms with Crippen LogP contribution in [0.4, 0.5) is 27.5 Å². The first-order valence-electron chi connectivity index (χ1n) is 7.95. The zero-order valence-corrected chi connectivity index (χ0v) is 17.1. The molecule has 0 saturated carbocycles. The van der Waals surface area contributed by atoms with Gasteiger partial charge in [0.25, 0.3) is 0 Å². The van der Waals surface area contributed by atoms with E-state index >= 15 is 0 Å². The highest BCUT2D eigenvalue weighted by Crippen LogP contribution is 2.36. The number of nitrogens with zero attached hydrogens (tertiary/aromatic N) is 2. The van der Waals surface area contributed by atoms with Gasteiger partial charge in [-0.2, -0.15) is 0 Å². The molecule has 9 heteroatoms. The Balaban J connectivity index is 2.21. The number of thiol groups is 1. The fourth-order valence-electron chi connectivity index (χ4n) is 2.34. The second kappa shape index (κ2) is 8.88. The molecule has 0 aromatic heterocycles. The second-order valence-electron chi connectivity index (χ2n) is 5.87. The molecule has 0 fully saturated rings. The maximum Gasteiger partial charge on any atom is 0.336 e. The molecule has 0 atom stereocenters. The van der Waals surface area contributed by atoms with E-state index in [1.807, 2.05) is 19.0 Å². The van der Waals surface area contributed by atoms with Crippen molar-refractivity contribution in [1.29, 1.82) is 0 Å². The van der Waals surface area contributed by atoms with Crippen molar-refractivity contribution in [2.24, 2.45) is 0 Å². The molecular formula is C18H21ClN4O3S. The molecule has 2 rings (SSSR count). The number of halogens is 1. The zero-order chi connectivity index (χ0) is 20.1. The van der Waals surface area contributed by atoms with E-state index in [1.54, 1.807) is 36.4 Å². The molecule has 0 aliphatic rings. The number of rotatable bonds is 5. The minimum absolute atomic E-state index is 0.171. The SMILES string of the molecule is COc1cc(N(C)C)c(NC(=O)N(S)c2ccc(NC(C)=O)cc2)cc1Cl. The standard InChI is InChI=1S/C18H21ClN4O3S/c1-11(24)20-12-5-7-13(8-6-12)23(27)18(25)21-15-9-14(19)17(26-4)10-16(15)22(2)3/h5-10,27H,1-4H3,(H,20,24)(H,21,25). The van der Waals surface area contributed by atoms with E-state index in [4.69, 9.17) is 16.3 Å². The van der Waals surface area contributed by atoms with Gasteiger partial charge in [0.2, 0.25) is 5.91 Å². The first-order valence-corrected chi connectivity index (χ1v) is 8.73. The minimum Gasteiger partial charge on any atom is -0.495 e. The second-order valence-corrected chi connectivity index (χ2v) is 6.68. The van der Waals surface area contributed by atoms with Crippen molar-refractivity contribution in [2.45, 2.75) is 6.92 Å². The van der Waals surface area contributed by atoms with E-state index in [2.05, 4.69) is 23.4 Å². The van der Waals surface area contributed by atoms with Crippen LogP contribution >= 0.6 is 24.4 Å². The van der Waals surface area contributed by atoms with E-state index in [-0.39, 0.29) is 5.91 Å². The van der Waals surface area contributed by atoms with Crippen LogP contribution in [0.15, 0.2) is 36.4 Å². The number of nitrogens with one attached hydrogen (secondary N) is 2. The van der Waals surface area contributed by atoms with Crippen LogP contribution < -0.4 is 24.6 Å².